The van der Waals surface area contributed by atoms with Crippen LogP contribution in [0, 0.1) is 24.7 Å². The van der Waals surface area contributed by atoms with Gasteiger partial charge >= 0.3 is 0 Å². The summed E-state index contributed by atoms with van der Waals surface area (Å²) < 4.78 is 2.46. The fourth-order valence-electron chi connectivity index (χ4n) is 7.77. The fourth-order valence-corrected chi connectivity index (χ4v) is 7.77. The lowest BCUT2D eigenvalue weighted by molar-refractivity contribution is -0.137. The highest BCUT2D eigenvalue weighted by Crippen LogP contribution is 2.61. The number of likely N-dealkylation sites (tertiary alicyclic amines) is 1. The summed E-state index contributed by atoms with van der Waals surface area (Å²) in [5.41, 5.74) is 3.52. The standard InChI is InChI=1S/C26H34N4O2/c1-16-14-26-20(23(16)25(32)28-10-9-18(15-28)27(3)4)13-22(31)30(26)12-11-29-21-8-6-5-7-19(21)17(2)24(26)29/h5-8,16,18,20,23H,9-15H2,1-4H3. The summed E-state index contributed by atoms with van der Waals surface area (Å²) in [7, 11) is 4.20. The molecule has 4 heterocycles. The second-order valence-corrected chi connectivity index (χ2v) is 10.8. The molecular weight excluding hydrogens is 400 g/mol. The van der Waals surface area contributed by atoms with Crippen molar-refractivity contribution in [1.82, 2.24) is 19.3 Å². The molecule has 6 nitrogen and oxygen atoms in total. The van der Waals surface area contributed by atoms with Crippen LogP contribution in [0.1, 0.15) is 37.4 Å². The van der Waals surface area contributed by atoms with E-state index in [9.17, 15) is 9.59 Å². The van der Waals surface area contributed by atoms with Crippen LogP contribution < -0.4 is 0 Å². The Morgan fingerprint density at radius 1 is 1.16 bits per heavy atom. The van der Waals surface area contributed by atoms with Crippen molar-refractivity contribution in [3.8, 4) is 0 Å². The van der Waals surface area contributed by atoms with Crippen LogP contribution in [0.15, 0.2) is 24.3 Å². The first kappa shape index (κ1) is 20.3. The van der Waals surface area contributed by atoms with E-state index >= 15 is 0 Å². The maximum atomic E-state index is 13.9. The van der Waals surface area contributed by atoms with Crippen LogP contribution in [0.5, 0.6) is 0 Å². The number of aromatic nitrogens is 1. The van der Waals surface area contributed by atoms with Gasteiger partial charge in [-0.2, -0.15) is 0 Å². The molecule has 2 amide bonds. The molecule has 4 aliphatic rings. The van der Waals surface area contributed by atoms with Gasteiger partial charge in [-0.1, -0.05) is 25.1 Å². The molecule has 1 spiro atoms. The molecule has 5 atom stereocenters. The number of carbonyl (C=O) groups is 2. The highest BCUT2D eigenvalue weighted by Gasteiger charge is 2.66. The molecule has 6 rings (SSSR count). The number of aryl methyl sites for hydroxylation is 1. The number of hydrogen-bond acceptors (Lipinski definition) is 3. The van der Waals surface area contributed by atoms with Crippen LogP contribution in [0.25, 0.3) is 10.9 Å². The van der Waals surface area contributed by atoms with Gasteiger partial charge in [0.15, 0.2) is 0 Å². The highest BCUT2D eigenvalue weighted by atomic mass is 16.2. The van der Waals surface area contributed by atoms with Crippen LogP contribution in [-0.2, 0) is 21.7 Å². The summed E-state index contributed by atoms with van der Waals surface area (Å²) in [5, 5.41) is 1.28. The summed E-state index contributed by atoms with van der Waals surface area (Å²) in [5.74, 6) is 0.782. The first-order valence-corrected chi connectivity index (χ1v) is 12.2. The van der Waals surface area contributed by atoms with E-state index in [0.29, 0.717) is 12.5 Å². The fraction of sp³-hybridized carbons (Fsp3) is 0.615. The Labute approximate surface area is 190 Å². The highest BCUT2D eigenvalue weighted by molar-refractivity contribution is 5.90. The number of fused-ring (bicyclic) bond motifs is 3. The van der Waals surface area contributed by atoms with Crippen molar-refractivity contribution in [3.05, 3.63) is 35.5 Å². The molecule has 2 saturated heterocycles. The van der Waals surface area contributed by atoms with Crippen LogP contribution in [0.2, 0.25) is 0 Å². The van der Waals surface area contributed by atoms with Crippen molar-refractivity contribution in [2.45, 2.75) is 51.2 Å². The van der Waals surface area contributed by atoms with Gasteiger partial charge in [-0.3, -0.25) is 9.59 Å². The molecule has 170 valence electrons. The van der Waals surface area contributed by atoms with E-state index in [1.807, 2.05) is 0 Å². The lowest BCUT2D eigenvalue weighted by Gasteiger charge is -2.44. The van der Waals surface area contributed by atoms with Crippen molar-refractivity contribution < 1.29 is 9.59 Å². The van der Waals surface area contributed by atoms with Crippen molar-refractivity contribution in [1.29, 1.82) is 0 Å². The normalized spacial score (nSPS) is 33.8. The molecule has 2 aromatic rings. The van der Waals surface area contributed by atoms with Gasteiger partial charge in [-0.15, -0.1) is 0 Å². The summed E-state index contributed by atoms with van der Waals surface area (Å²) in [4.78, 5) is 33.6. The summed E-state index contributed by atoms with van der Waals surface area (Å²) >= 11 is 0. The number of rotatable bonds is 2. The van der Waals surface area contributed by atoms with Crippen molar-refractivity contribution in [2.24, 2.45) is 17.8 Å². The quantitative estimate of drug-likeness (QED) is 0.730. The van der Waals surface area contributed by atoms with E-state index in [-0.39, 0.29) is 35.1 Å². The molecule has 0 radical (unpaired) electrons. The SMILES string of the molecule is Cc1c2n(c3ccccc13)CCN1C(=O)CC3C(C(=O)N4CCC(N(C)C)C4)C(C)CC231. The van der Waals surface area contributed by atoms with Crippen molar-refractivity contribution in [3.63, 3.8) is 0 Å². The van der Waals surface area contributed by atoms with Gasteiger partial charge in [0, 0.05) is 67.1 Å². The summed E-state index contributed by atoms with van der Waals surface area (Å²) in [6.45, 7) is 7.70. The third-order valence-corrected chi connectivity index (χ3v) is 9.14. The average Bonchev–Trinajstić information content (AvgIpc) is 3.49. The van der Waals surface area contributed by atoms with Gasteiger partial charge in [-0.05, 0) is 51.4 Å². The van der Waals surface area contributed by atoms with E-state index < -0.39 is 0 Å². The van der Waals surface area contributed by atoms with Gasteiger partial charge < -0.3 is 19.3 Å². The predicted molar refractivity (Wildman–Crippen MR) is 124 cm³/mol. The van der Waals surface area contributed by atoms with Crippen molar-refractivity contribution in [2.75, 3.05) is 33.7 Å². The molecule has 1 saturated carbocycles. The molecule has 0 bridgehead atoms. The maximum absolute atomic E-state index is 13.9. The monoisotopic (exact) mass is 434 g/mol. The lowest BCUT2D eigenvalue weighted by Crippen LogP contribution is -2.52. The Balaban J connectivity index is 1.45. The topological polar surface area (TPSA) is 48.8 Å². The number of benzene rings is 1. The smallest absolute Gasteiger partial charge is 0.226 e. The average molecular weight is 435 g/mol. The van der Waals surface area contributed by atoms with E-state index in [1.54, 1.807) is 0 Å². The Kier molecular flexibility index (Phi) is 4.33. The van der Waals surface area contributed by atoms with Gasteiger partial charge in [-0.25, -0.2) is 0 Å². The third kappa shape index (κ3) is 2.45. The third-order valence-electron chi connectivity index (χ3n) is 9.14. The zero-order valence-corrected chi connectivity index (χ0v) is 19.7. The molecule has 0 N–H and O–H groups in total. The van der Waals surface area contributed by atoms with E-state index in [4.69, 9.17) is 0 Å². The zero-order chi connectivity index (χ0) is 22.4. The minimum Gasteiger partial charge on any atom is -0.341 e. The first-order valence-electron chi connectivity index (χ1n) is 12.2. The van der Waals surface area contributed by atoms with Crippen LogP contribution in [0.3, 0.4) is 0 Å². The molecular formula is C26H34N4O2. The molecule has 3 fully saturated rings. The second-order valence-electron chi connectivity index (χ2n) is 10.8. The first-order chi connectivity index (χ1) is 15.3. The molecule has 5 unspecified atom stereocenters. The largest absolute Gasteiger partial charge is 0.341 e. The van der Waals surface area contributed by atoms with Crippen molar-refractivity contribution >= 4 is 22.7 Å². The molecule has 6 heteroatoms. The number of para-hydroxylation sites is 1. The number of hydrogen-bond donors (Lipinski definition) is 0. The van der Waals surface area contributed by atoms with Crippen LogP contribution in [-0.4, -0.2) is 70.9 Å². The molecule has 3 aliphatic heterocycles. The molecule has 32 heavy (non-hydrogen) atoms. The van der Waals surface area contributed by atoms with Gasteiger partial charge in [0.25, 0.3) is 0 Å². The number of likely N-dealkylation sites (N-methyl/N-ethyl adjacent to an activating group) is 1. The number of carbonyl (C=O) groups excluding carboxylic acids is 2. The Hall–Kier alpha value is -2.34. The summed E-state index contributed by atoms with van der Waals surface area (Å²) in [6, 6.07) is 9.05. The number of nitrogens with zero attached hydrogens (tertiary/aromatic N) is 4. The predicted octanol–water partition coefficient (Wildman–Crippen LogP) is 2.83. The van der Waals surface area contributed by atoms with Gasteiger partial charge in [0.2, 0.25) is 11.8 Å². The summed E-state index contributed by atoms with van der Waals surface area (Å²) in [6.07, 6.45) is 2.43. The lowest BCUT2D eigenvalue weighted by atomic mass is 9.78. The maximum Gasteiger partial charge on any atom is 0.226 e. The molecule has 1 aromatic heterocycles. The number of amides is 2. The minimum absolute atomic E-state index is 0.0676. The molecule has 1 aliphatic carbocycles. The Morgan fingerprint density at radius 2 is 1.94 bits per heavy atom. The van der Waals surface area contributed by atoms with Gasteiger partial charge in [0.1, 0.15) is 0 Å². The molecule has 1 aromatic carbocycles. The van der Waals surface area contributed by atoms with E-state index in [2.05, 4.69) is 71.5 Å². The van der Waals surface area contributed by atoms with E-state index in [1.165, 1.54) is 22.2 Å². The van der Waals surface area contributed by atoms with Gasteiger partial charge in [0.05, 0.1) is 5.54 Å². The minimum atomic E-state index is -0.334. The zero-order valence-electron chi connectivity index (χ0n) is 19.7. The Morgan fingerprint density at radius 3 is 2.69 bits per heavy atom. The second kappa shape index (κ2) is 6.83. The Bertz CT molecular complexity index is 1120. The van der Waals surface area contributed by atoms with Crippen LogP contribution in [0.4, 0.5) is 0 Å². The van der Waals surface area contributed by atoms with E-state index in [0.717, 1.165) is 39.0 Å². The van der Waals surface area contributed by atoms with Crippen LogP contribution >= 0.6 is 0 Å².